The summed E-state index contributed by atoms with van der Waals surface area (Å²) < 4.78 is 4.91. The van der Waals surface area contributed by atoms with Gasteiger partial charge in [0.25, 0.3) is 11.8 Å². The maximum atomic E-state index is 12.0. The topological polar surface area (TPSA) is 87.7 Å². The second-order valence-electron chi connectivity index (χ2n) is 6.82. The molecule has 29 heavy (non-hydrogen) atoms. The Morgan fingerprint density at radius 3 is 2.38 bits per heavy atom. The number of amides is 2. The molecule has 0 aliphatic carbocycles. The number of benzene rings is 1. The van der Waals surface area contributed by atoms with E-state index in [1.165, 1.54) is 37.0 Å². The van der Waals surface area contributed by atoms with Gasteiger partial charge in [-0.3, -0.25) is 14.4 Å². The third-order valence-corrected chi connectivity index (χ3v) is 5.49. The third kappa shape index (κ3) is 6.60. The van der Waals surface area contributed by atoms with Gasteiger partial charge in [0.2, 0.25) is 0 Å². The van der Waals surface area contributed by atoms with Crippen LogP contribution in [0.1, 0.15) is 35.4 Å². The number of anilines is 2. The summed E-state index contributed by atoms with van der Waals surface area (Å²) in [6.45, 7) is 1.44. The van der Waals surface area contributed by atoms with E-state index in [9.17, 15) is 14.4 Å². The van der Waals surface area contributed by atoms with Crippen molar-refractivity contribution in [2.75, 3.05) is 36.5 Å². The Morgan fingerprint density at radius 1 is 1.00 bits per heavy atom. The zero-order valence-corrected chi connectivity index (χ0v) is 17.0. The van der Waals surface area contributed by atoms with E-state index < -0.39 is 18.5 Å². The smallest absolute Gasteiger partial charge is 0.325 e. The monoisotopic (exact) mass is 415 g/mol. The molecule has 1 aromatic heterocycles. The first kappa shape index (κ1) is 20.9. The summed E-state index contributed by atoms with van der Waals surface area (Å²) in [6, 6.07) is 11.1. The van der Waals surface area contributed by atoms with Gasteiger partial charge in [0.15, 0.2) is 6.61 Å². The number of esters is 1. The minimum Gasteiger partial charge on any atom is -0.454 e. The normalized spacial score (nSPS) is 14.0. The van der Waals surface area contributed by atoms with Gasteiger partial charge < -0.3 is 20.3 Å². The molecule has 8 heteroatoms. The Morgan fingerprint density at radius 2 is 1.72 bits per heavy atom. The fourth-order valence-electron chi connectivity index (χ4n) is 3.13. The van der Waals surface area contributed by atoms with Crippen molar-refractivity contribution in [2.45, 2.75) is 25.7 Å². The number of rotatable bonds is 7. The van der Waals surface area contributed by atoms with E-state index in [0.717, 1.165) is 18.8 Å². The van der Waals surface area contributed by atoms with Crippen LogP contribution in [0.15, 0.2) is 41.8 Å². The zero-order chi connectivity index (χ0) is 20.5. The first-order valence-corrected chi connectivity index (χ1v) is 10.6. The molecule has 1 aliphatic rings. The highest BCUT2D eigenvalue weighted by molar-refractivity contribution is 7.12. The van der Waals surface area contributed by atoms with Crippen LogP contribution in [0, 0.1) is 0 Å². The van der Waals surface area contributed by atoms with E-state index in [-0.39, 0.29) is 12.5 Å². The molecule has 2 amide bonds. The summed E-state index contributed by atoms with van der Waals surface area (Å²) in [5.74, 6) is -1.43. The zero-order valence-electron chi connectivity index (χ0n) is 16.2. The van der Waals surface area contributed by atoms with Crippen molar-refractivity contribution >= 4 is 40.5 Å². The molecular formula is C21H25N3O4S. The van der Waals surface area contributed by atoms with Gasteiger partial charge in [-0.15, -0.1) is 11.3 Å². The van der Waals surface area contributed by atoms with Gasteiger partial charge in [-0.1, -0.05) is 18.9 Å². The molecule has 1 aliphatic heterocycles. The van der Waals surface area contributed by atoms with Crippen LogP contribution in [0.5, 0.6) is 0 Å². The minimum absolute atomic E-state index is 0.283. The highest BCUT2D eigenvalue weighted by Gasteiger charge is 2.12. The molecule has 0 spiro atoms. The number of hydrogen-bond acceptors (Lipinski definition) is 6. The molecular weight excluding hydrogens is 390 g/mol. The molecule has 0 radical (unpaired) electrons. The Balaban J connectivity index is 1.38. The molecule has 2 heterocycles. The van der Waals surface area contributed by atoms with Gasteiger partial charge in [0.1, 0.15) is 6.54 Å². The number of nitrogens with one attached hydrogen (secondary N) is 2. The van der Waals surface area contributed by atoms with Crippen molar-refractivity contribution in [3.63, 3.8) is 0 Å². The number of hydrogen-bond donors (Lipinski definition) is 2. The number of carbonyl (C=O) groups excluding carboxylic acids is 3. The lowest BCUT2D eigenvalue weighted by Crippen LogP contribution is -2.31. The number of nitrogens with zero attached hydrogens (tertiary/aromatic N) is 1. The van der Waals surface area contributed by atoms with Gasteiger partial charge in [0.05, 0.1) is 4.88 Å². The van der Waals surface area contributed by atoms with Crippen molar-refractivity contribution in [3.05, 3.63) is 46.7 Å². The summed E-state index contributed by atoms with van der Waals surface area (Å²) in [6.07, 6.45) is 4.97. The van der Waals surface area contributed by atoms with Crippen LogP contribution in [0.4, 0.5) is 11.4 Å². The van der Waals surface area contributed by atoms with E-state index in [0.29, 0.717) is 10.6 Å². The molecule has 0 saturated carbocycles. The van der Waals surface area contributed by atoms with E-state index >= 15 is 0 Å². The summed E-state index contributed by atoms with van der Waals surface area (Å²) in [4.78, 5) is 38.3. The summed E-state index contributed by atoms with van der Waals surface area (Å²) in [5.41, 5.74) is 1.80. The lowest BCUT2D eigenvalue weighted by atomic mass is 10.2. The Bertz CT molecular complexity index is 813. The summed E-state index contributed by atoms with van der Waals surface area (Å²) in [5, 5.41) is 6.94. The lowest BCUT2D eigenvalue weighted by Gasteiger charge is -2.22. The molecule has 1 fully saturated rings. The first-order valence-electron chi connectivity index (χ1n) is 9.74. The van der Waals surface area contributed by atoms with Crippen LogP contribution >= 0.6 is 11.3 Å². The SMILES string of the molecule is O=C(COC(=O)CNC(=O)c1cccs1)Nc1ccc(N2CCCCCC2)cc1. The predicted octanol–water partition coefficient (Wildman–Crippen LogP) is 3.04. The molecule has 0 unspecified atom stereocenters. The largest absolute Gasteiger partial charge is 0.454 e. The van der Waals surface area contributed by atoms with Crippen LogP contribution in [0.2, 0.25) is 0 Å². The van der Waals surface area contributed by atoms with Crippen molar-refractivity contribution < 1.29 is 19.1 Å². The molecule has 7 nitrogen and oxygen atoms in total. The Hall–Kier alpha value is -2.87. The van der Waals surface area contributed by atoms with E-state index in [1.54, 1.807) is 17.5 Å². The predicted molar refractivity (Wildman–Crippen MR) is 113 cm³/mol. The maximum Gasteiger partial charge on any atom is 0.325 e. The average Bonchev–Trinajstić information content (AvgIpc) is 3.14. The van der Waals surface area contributed by atoms with Gasteiger partial charge >= 0.3 is 5.97 Å². The van der Waals surface area contributed by atoms with E-state index in [4.69, 9.17) is 4.74 Å². The molecule has 3 rings (SSSR count). The maximum absolute atomic E-state index is 12.0. The highest BCUT2D eigenvalue weighted by Crippen LogP contribution is 2.21. The Kier molecular flexibility index (Phi) is 7.63. The molecule has 1 saturated heterocycles. The van der Waals surface area contributed by atoms with Gasteiger partial charge in [-0.05, 0) is 48.6 Å². The molecule has 2 aromatic rings. The number of carbonyl (C=O) groups is 3. The van der Waals surface area contributed by atoms with E-state index in [2.05, 4.69) is 15.5 Å². The number of ether oxygens (including phenoxy) is 1. The van der Waals surface area contributed by atoms with Gasteiger partial charge in [-0.2, -0.15) is 0 Å². The molecule has 0 bridgehead atoms. The van der Waals surface area contributed by atoms with Crippen molar-refractivity contribution in [1.29, 1.82) is 0 Å². The quantitative estimate of drug-likeness (QED) is 0.679. The van der Waals surface area contributed by atoms with Crippen molar-refractivity contribution in [1.82, 2.24) is 5.32 Å². The molecule has 0 atom stereocenters. The second-order valence-corrected chi connectivity index (χ2v) is 7.76. The molecule has 154 valence electrons. The summed E-state index contributed by atoms with van der Waals surface area (Å²) >= 11 is 1.28. The Labute approximate surface area is 174 Å². The van der Waals surface area contributed by atoms with Gasteiger partial charge in [-0.25, -0.2) is 0 Å². The summed E-state index contributed by atoms with van der Waals surface area (Å²) in [7, 11) is 0. The average molecular weight is 416 g/mol. The van der Waals surface area contributed by atoms with Crippen LogP contribution in [0.25, 0.3) is 0 Å². The molecule has 2 N–H and O–H groups in total. The lowest BCUT2D eigenvalue weighted by molar-refractivity contribution is -0.146. The first-order chi connectivity index (χ1) is 14.1. The molecule has 1 aromatic carbocycles. The second kappa shape index (κ2) is 10.6. The van der Waals surface area contributed by atoms with Crippen LogP contribution in [-0.4, -0.2) is 44.0 Å². The van der Waals surface area contributed by atoms with Crippen molar-refractivity contribution in [2.24, 2.45) is 0 Å². The van der Waals surface area contributed by atoms with E-state index in [1.807, 2.05) is 24.3 Å². The fraction of sp³-hybridized carbons (Fsp3) is 0.381. The highest BCUT2D eigenvalue weighted by atomic mass is 32.1. The fourth-order valence-corrected chi connectivity index (χ4v) is 3.77. The number of thiophene rings is 1. The van der Waals surface area contributed by atoms with Crippen LogP contribution in [-0.2, 0) is 14.3 Å². The minimum atomic E-state index is -0.665. The third-order valence-electron chi connectivity index (χ3n) is 4.62. The van der Waals surface area contributed by atoms with Crippen molar-refractivity contribution in [3.8, 4) is 0 Å². The van der Waals surface area contributed by atoms with Gasteiger partial charge in [0, 0.05) is 24.5 Å². The van der Waals surface area contributed by atoms with Crippen LogP contribution in [0.3, 0.4) is 0 Å². The van der Waals surface area contributed by atoms with Crippen LogP contribution < -0.4 is 15.5 Å². The standard InChI is InChI=1S/C21H25N3O4S/c25-19(15-28-20(26)14-22-21(27)18-6-5-13-29-18)23-16-7-9-17(10-8-16)24-11-3-1-2-4-12-24/h5-10,13H,1-4,11-12,14-15H2,(H,22,27)(H,23,25).